The Morgan fingerprint density at radius 2 is 1.24 bits per heavy atom. The Kier molecular flexibility index (Phi) is 6.58. The molecule has 0 aliphatic carbocycles. The molecule has 1 aliphatic heterocycles. The Labute approximate surface area is 156 Å². The largest absolute Gasteiger partial charge is 0.336 e. The molecule has 0 radical (unpaired) electrons. The topological polar surface area (TPSA) is 40.6 Å². The van der Waals surface area contributed by atoms with Gasteiger partial charge in [-0.1, -0.05) is 62.3 Å². The highest BCUT2D eigenvalue weighted by Crippen LogP contribution is 2.52. The molecular weight excluding hydrogens is 328 g/mol. The maximum Gasteiger partial charge on any atom is 0.319 e. The first-order chi connectivity index (χ1) is 11.3. The molecule has 3 amide bonds. The maximum absolute atomic E-state index is 13.7. The molecule has 0 bridgehead atoms. The van der Waals surface area contributed by atoms with Gasteiger partial charge in [-0.3, -0.25) is 9.69 Å². The molecule has 1 saturated heterocycles. The van der Waals surface area contributed by atoms with Crippen molar-refractivity contribution < 1.29 is 9.59 Å². The van der Waals surface area contributed by atoms with Crippen molar-refractivity contribution in [2.24, 2.45) is 5.92 Å². The Morgan fingerprint density at radius 1 is 0.840 bits per heavy atom. The predicted molar refractivity (Wildman–Crippen MR) is 108 cm³/mol. The van der Waals surface area contributed by atoms with Crippen molar-refractivity contribution in [1.82, 2.24) is 9.47 Å². The van der Waals surface area contributed by atoms with Crippen molar-refractivity contribution in [2.45, 2.75) is 111 Å². The molecule has 1 rings (SSSR count). The van der Waals surface area contributed by atoms with Crippen LogP contribution in [0.25, 0.3) is 0 Å². The van der Waals surface area contributed by atoms with E-state index in [0.29, 0.717) is 23.0 Å². The summed E-state index contributed by atoms with van der Waals surface area (Å²) < 4.78 is 2.16. The minimum Gasteiger partial charge on any atom is -0.336 e. The smallest absolute Gasteiger partial charge is 0.319 e. The summed E-state index contributed by atoms with van der Waals surface area (Å²) in [5.41, 5.74) is 0.468. The number of carbonyl (C=O) groups excluding carboxylic acids is 2. The number of imide groups is 1. The first-order valence-corrected chi connectivity index (χ1v) is 12.2. The van der Waals surface area contributed by atoms with Crippen LogP contribution in [0.15, 0.2) is 0 Å². The van der Waals surface area contributed by atoms with Gasteiger partial charge in [-0.05, 0) is 42.8 Å². The summed E-state index contributed by atoms with van der Waals surface area (Å²) in [7, 11) is -2.28. The van der Waals surface area contributed by atoms with Gasteiger partial charge in [0, 0.05) is 6.04 Å². The molecule has 1 heterocycles. The summed E-state index contributed by atoms with van der Waals surface area (Å²) in [4.78, 5) is 28.8. The van der Waals surface area contributed by atoms with Crippen LogP contribution in [-0.4, -0.2) is 41.2 Å². The first kappa shape index (κ1) is 22.2. The molecule has 25 heavy (non-hydrogen) atoms. The number of hydrogen-bond acceptors (Lipinski definition) is 2. The van der Waals surface area contributed by atoms with Gasteiger partial charge in [0.2, 0.25) is 0 Å². The van der Waals surface area contributed by atoms with Crippen LogP contribution in [0.1, 0.15) is 82.6 Å². The molecule has 1 unspecified atom stereocenters. The maximum atomic E-state index is 13.7. The van der Waals surface area contributed by atoms with Gasteiger partial charge in [-0.15, -0.1) is 0 Å². The number of urea groups is 1. The van der Waals surface area contributed by atoms with Crippen molar-refractivity contribution in [1.29, 1.82) is 0 Å². The van der Waals surface area contributed by atoms with Gasteiger partial charge in [0.15, 0.2) is 8.24 Å². The second kappa shape index (κ2) is 7.41. The second-order valence-corrected chi connectivity index (χ2v) is 14.9. The Bertz CT molecular complexity index is 492. The summed E-state index contributed by atoms with van der Waals surface area (Å²) in [5.74, 6) is 0.115. The molecule has 0 saturated carbocycles. The average molecular weight is 369 g/mol. The van der Waals surface area contributed by atoms with E-state index in [0.717, 1.165) is 0 Å². The van der Waals surface area contributed by atoms with Crippen molar-refractivity contribution in [2.75, 3.05) is 0 Å². The Morgan fingerprint density at radius 3 is 1.48 bits per heavy atom. The quantitative estimate of drug-likeness (QED) is 0.431. The van der Waals surface area contributed by atoms with Gasteiger partial charge >= 0.3 is 6.03 Å². The molecule has 0 aromatic carbocycles. The molecule has 4 nitrogen and oxygen atoms in total. The predicted octanol–water partition coefficient (Wildman–Crippen LogP) is 5.64. The van der Waals surface area contributed by atoms with Gasteiger partial charge in [0.05, 0.1) is 0 Å². The minimum absolute atomic E-state index is 0.0174. The van der Waals surface area contributed by atoms with Crippen LogP contribution in [0.3, 0.4) is 0 Å². The molecule has 1 aliphatic rings. The summed E-state index contributed by atoms with van der Waals surface area (Å²) in [6, 6.07) is -0.147. The van der Waals surface area contributed by atoms with E-state index in [9.17, 15) is 9.59 Å². The van der Waals surface area contributed by atoms with Gasteiger partial charge in [-0.25, -0.2) is 4.79 Å². The summed E-state index contributed by atoms with van der Waals surface area (Å²) in [6.07, 6.45) is 0.680. The van der Waals surface area contributed by atoms with Crippen LogP contribution in [0, 0.1) is 5.92 Å². The minimum atomic E-state index is -2.28. The highest BCUT2D eigenvalue weighted by atomic mass is 28.3. The molecule has 1 atom stereocenters. The lowest BCUT2D eigenvalue weighted by atomic mass is 9.83. The van der Waals surface area contributed by atoms with E-state index in [-0.39, 0.29) is 23.9 Å². The molecule has 0 aromatic heterocycles. The van der Waals surface area contributed by atoms with Gasteiger partial charge in [-0.2, -0.15) is 0 Å². The van der Waals surface area contributed by atoms with E-state index in [1.165, 1.54) is 0 Å². The highest BCUT2D eigenvalue weighted by molar-refractivity contribution is 6.83. The molecular formula is C20H40N2O2Si. The lowest BCUT2D eigenvalue weighted by Crippen LogP contribution is -2.69. The zero-order valence-electron chi connectivity index (χ0n) is 18.3. The summed E-state index contributed by atoms with van der Waals surface area (Å²) >= 11 is 0. The van der Waals surface area contributed by atoms with Crippen LogP contribution in [0.5, 0.6) is 0 Å². The normalized spacial score (nSPS) is 22.7. The van der Waals surface area contributed by atoms with Crippen molar-refractivity contribution in [3.05, 3.63) is 0 Å². The van der Waals surface area contributed by atoms with Crippen molar-refractivity contribution in [3.63, 3.8) is 0 Å². The zero-order valence-corrected chi connectivity index (χ0v) is 19.3. The van der Waals surface area contributed by atoms with Crippen LogP contribution >= 0.6 is 0 Å². The zero-order chi connectivity index (χ0) is 19.9. The van der Waals surface area contributed by atoms with E-state index in [1.807, 2.05) is 13.8 Å². The molecule has 1 fully saturated rings. The van der Waals surface area contributed by atoms with E-state index >= 15 is 0 Å². The molecule has 0 aromatic rings. The lowest BCUT2D eigenvalue weighted by Gasteiger charge is -2.55. The Balaban J connectivity index is 3.87. The van der Waals surface area contributed by atoms with Crippen molar-refractivity contribution >= 4 is 20.2 Å². The van der Waals surface area contributed by atoms with Crippen LogP contribution in [-0.2, 0) is 4.79 Å². The lowest BCUT2D eigenvalue weighted by molar-refractivity contribution is -0.135. The molecule has 0 N–H and O–H groups in total. The number of hydrogen-bond donors (Lipinski definition) is 0. The summed E-state index contributed by atoms with van der Waals surface area (Å²) in [6.45, 7) is 23.7. The number of nitrogens with zero attached hydrogens (tertiary/aromatic N) is 2. The van der Waals surface area contributed by atoms with Gasteiger partial charge in [0.25, 0.3) is 5.91 Å². The molecule has 0 spiro atoms. The van der Waals surface area contributed by atoms with E-state index < -0.39 is 13.8 Å². The van der Waals surface area contributed by atoms with E-state index in [2.05, 4.69) is 66.9 Å². The van der Waals surface area contributed by atoms with E-state index in [1.54, 1.807) is 4.90 Å². The fraction of sp³-hybridized carbons (Fsp3) is 0.900. The van der Waals surface area contributed by atoms with E-state index in [4.69, 9.17) is 0 Å². The van der Waals surface area contributed by atoms with Crippen molar-refractivity contribution in [3.8, 4) is 0 Å². The number of carbonyl (C=O) groups is 2. The fourth-order valence-corrected chi connectivity index (χ4v) is 12.8. The summed E-state index contributed by atoms with van der Waals surface area (Å²) in [5, 5.41) is 0. The van der Waals surface area contributed by atoms with Gasteiger partial charge < -0.3 is 4.57 Å². The highest BCUT2D eigenvalue weighted by Gasteiger charge is 2.66. The standard InChI is InChI=1S/C20H40N2O2Si/c1-12-20(13(2)3)18(23)21(14(4)5)19(24)22(20)25(15(6)7,16(8)9)17(10)11/h13-17H,12H2,1-11H3. The van der Waals surface area contributed by atoms with Crippen LogP contribution < -0.4 is 0 Å². The third kappa shape index (κ3) is 2.86. The van der Waals surface area contributed by atoms with Crippen LogP contribution in [0.4, 0.5) is 4.79 Å². The molecule has 146 valence electrons. The molecule has 5 heteroatoms. The number of amides is 3. The second-order valence-electron chi connectivity index (χ2n) is 9.17. The third-order valence-corrected chi connectivity index (χ3v) is 13.5. The van der Waals surface area contributed by atoms with Gasteiger partial charge in [0.1, 0.15) is 5.54 Å². The van der Waals surface area contributed by atoms with Crippen LogP contribution in [0.2, 0.25) is 16.6 Å². The fourth-order valence-electron chi connectivity index (χ4n) is 5.63. The number of rotatable bonds is 7. The SMILES string of the molecule is CCC1(C(C)C)C(=O)N(C(C)C)C(=O)N1[Si](C(C)C)(C(C)C)C(C)C. The monoisotopic (exact) mass is 368 g/mol. The average Bonchev–Trinajstić information content (AvgIpc) is 2.67. The third-order valence-electron chi connectivity index (χ3n) is 6.56. The first-order valence-electron chi connectivity index (χ1n) is 10.0. The Hall–Kier alpha value is -0.843.